The highest BCUT2D eigenvalue weighted by Gasteiger charge is 2.30. The van der Waals surface area contributed by atoms with E-state index < -0.39 is 12.3 Å². The van der Waals surface area contributed by atoms with Gasteiger partial charge in [0, 0.05) is 5.69 Å². The maximum absolute atomic E-state index is 12.2. The van der Waals surface area contributed by atoms with E-state index in [0.717, 1.165) is 17.9 Å². The molecule has 2 aromatic carbocycles. The van der Waals surface area contributed by atoms with E-state index in [9.17, 15) is 22.8 Å². The lowest BCUT2D eigenvalue weighted by molar-refractivity contribution is -0.274. The van der Waals surface area contributed by atoms with E-state index >= 15 is 0 Å². The first-order valence-corrected chi connectivity index (χ1v) is 10.1. The molecule has 0 aromatic heterocycles. The van der Waals surface area contributed by atoms with E-state index in [-0.39, 0.29) is 31.4 Å². The zero-order valence-electron chi connectivity index (χ0n) is 18.3. The molecule has 2 amide bonds. The van der Waals surface area contributed by atoms with Crippen molar-refractivity contribution in [3.63, 3.8) is 0 Å². The number of carbonyl (C=O) groups is 2. The van der Waals surface area contributed by atoms with Crippen LogP contribution in [0.1, 0.15) is 6.92 Å². The fourth-order valence-corrected chi connectivity index (χ4v) is 2.70. The second-order valence-electron chi connectivity index (χ2n) is 6.90. The predicted octanol–water partition coefficient (Wildman–Crippen LogP) is 3.05. The molecule has 0 aliphatic heterocycles. The third-order valence-electron chi connectivity index (χ3n) is 4.03. The highest BCUT2D eigenvalue weighted by molar-refractivity contribution is 5.92. The third-order valence-corrected chi connectivity index (χ3v) is 4.03. The number of carbonyl (C=O) groups excluding carboxylic acids is 2. The lowest BCUT2D eigenvalue weighted by Crippen LogP contribution is -2.40. The van der Waals surface area contributed by atoms with Crippen LogP contribution in [0.15, 0.2) is 48.5 Å². The van der Waals surface area contributed by atoms with Gasteiger partial charge in [-0.3, -0.25) is 14.5 Å². The minimum absolute atomic E-state index is 0.0190. The summed E-state index contributed by atoms with van der Waals surface area (Å²) in [6, 6.07) is 11.9. The molecule has 0 aliphatic carbocycles. The highest BCUT2D eigenvalue weighted by atomic mass is 19.4. The van der Waals surface area contributed by atoms with Crippen molar-refractivity contribution in [2.75, 3.05) is 45.2 Å². The first-order valence-electron chi connectivity index (χ1n) is 10.1. The van der Waals surface area contributed by atoms with Crippen molar-refractivity contribution in [3.05, 3.63) is 48.5 Å². The van der Waals surface area contributed by atoms with Gasteiger partial charge in [-0.15, -0.1) is 13.2 Å². The number of hydrogen-bond acceptors (Lipinski definition) is 6. The van der Waals surface area contributed by atoms with E-state index in [1.54, 1.807) is 31.3 Å². The molecule has 8 nitrogen and oxygen atoms in total. The number of anilines is 1. The van der Waals surface area contributed by atoms with Crippen LogP contribution < -0.4 is 24.8 Å². The normalized spacial score (nSPS) is 11.1. The molecule has 0 saturated carbocycles. The number of rotatable bonds is 12. The molecule has 11 heteroatoms. The van der Waals surface area contributed by atoms with Crippen molar-refractivity contribution in [2.24, 2.45) is 0 Å². The molecule has 0 unspecified atom stereocenters. The molecule has 180 valence electrons. The van der Waals surface area contributed by atoms with Crippen molar-refractivity contribution in [2.45, 2.75) is 13.3 Å². The number of nitrogens with zero attached hydrogens (tertiary/aromatic N) is 1. The second-order valence-corrected chi connectivity index (χ2v) is 6.90. The molecule has 0 fully saturated rings. The van der Waals surface area contributed by atoms with E-state index in [4.69, 9.17) is 9.47 Å². The van der Waals surface area contributed by atoms with Gasteiger partial charge in [-0.05, 0) is 62.5 Å². The Bertz CT molecular complexity index is 890. The minimum atomic E-state index is -4.78. The van der Waals surface area contributed by atoms with Crippen LogP contribution in [0.3, 0.4) is 0 Å². The van der Waals surface area contributed by atoms with Crippen molar-refractivity contribution in [1.29, 1.82) is 0 Å². The third kappa shape index (κ3) is 10.6. The van der Waals surface area contributed by atoms with Gasteiger partial charge in [-0.25, -0.2) is 0 Å². The number of hydrogen-bond donors (Lipinski definition) is 2. The summed E-state index contributed by atoms with van der Waals surface area (Å²) in [5.74, 6) is 0.306. The van der Waals surface area contributed by atoms with Gasteiger partial charge in [0.1, 0.15) is 23.9 Å². The quantitative estimate of drug-likeness (QED) is 0.465. The largest absolute Gasteiger partial charge is 0.573 e. The molecule has 0 heterocycles. The van der Waals surface area contributed by atoms with Gasteiger partial charge < -0.3 is 24.8 Å². The lowest BCUT2D eigenvalue weighted by Gasteiger charge is -2.16. The molecule has 0 atom stereocenters. The monoisotopic (exact) mass is 469 g/mol. The average molecular weight is 469 g/mol. The number of amides is 2. The van der Waals surface area contributed by atoms with Gasteiger partial charge in [0.2, 0.25) is 11.8 Å². The Morgan fingerprint density at radius 3 is 2.00 bits per heavy atom. The molecule has 0 spiro atoms. The molecule has 0 bridgehead atoms. The summed E-state index contributed by atoms with van der Waals surface area (Å²) in [7, 11) is 1.59. The number of benzene rings is 2. The Kier molecular flexibility index (Phi) is 9.80. The maximum atomic E-state index is 12.2. The first kappa shape index (κ1) is 25.8. The Hall–Kier alpha value is -3.47. The summed E-state index contributed by atoms with van der Waals surface area (Å²) in [6.45, 7) is 2.94. The number of likely N-dealkylation sites (N-methyl/N-ethyl adjacent to an activating group) is 1. The van der Waals surface area contributed by atoms with E-state index in [0.29, 0.717) is 24.6 Å². The number of nitrogens with one attached hydrogen (secondary N) is 2. The van der Waals surface area contributed by atoms with Crippen LogP contribution in [0.2, 0.25) is 0 Å². The second kappa shape index (κ2) is 12.5. The predicted molar refractivity (Wildman–Crippen MR) is 115 cm³/mol. The van der Waals surface area contributed by atoms with Gasteiger partial charge >= 0.3 is 6.36 Å². The number of halogens is 3. The average Bonchev–Trinajstić information content (AvgIpc) is 2.73. The van der Waals surface area contributed by atoms with Crippen LogP contribution >= 0.6 is 0 Å². The molecule has 33 heavy (non-hydrogen) atoms. The molecule has 2 aromatic rings. The van der Waals surface area contributed by atoms with Crippen LogP contribution in [-0.2, 0) is 9.59 Å². The Labute approximate surface area is 189 Å². The van der Waals surface area contributed by atoms with Crippen molar-refractivity contribution in [1.82, 2.24) is 10.2 Å². The maximum Gasteiger partial charge on any atom is 0.573 e. The summed E-state index contributed by atoms with van der Waals surface area (Å²) >= 11 is 0. The minimum Gasteiger partial charge on any atom is -0.494 e. The summed E-state index contributed by atoms with van der Waals surface area (Å²) in [5.41, 5.74) is 0.304. The first-order chi connectivity index (χ1) is 15.6. The molecule has 0 saturated heterocycles. The van der Waals surface area contributed by atoms with Gasteiger partial charge in [-0.1, -0.05) is 0 Å². The van der Waals surface area contributed by atoms with Crippen LogP contribution in [-0.4, -0.2) is 63.0 Å². The summed E-state index contributed by atoms with van der Waals surface area (Å²) in [5, 5.41) is 5.24. The fourth-order valence-electron chi connectivity index (χ4n) is 2.70. The summed E-state index contributed by atoms with van der Waals surface area (Å²) in [4.78, 5) is 25.6. The smallest absolute Gasteiger partial charge is 0.494 e. The zero-order valence-corrected chi connectivity index (χ0v) is 18.3. The molecular formula is C22H26F3N3O5. The Morgan fingerprint density at radius 2 is 1.42 bits per heavy atom. The molecule has 0 radical (unpaired) electrons. The van der Waals surface area contributed by atoms with Gasteiger partial charge in [0.05, 0.1) is 26.2 Å². The Morgan fingerprint density at radius 1 is 0.879 bits per heavy atom. The molecule has 0 aliphatic rings. The standard InChI is InChI=1S/C22H26F3N3O5/c1-3-31-17-8-10-18(11-9-17)32-13-12-26-20(29)14-28(2)15-21(30)27-16-4-6-19(7-5-16)33-22(23,24)25/h4-11H,3,12-15H2,1-2H3,(H,26,29)(H,27,30). The van der Waals surface area contributed by atoms with Crippen LogP contribution in [0, 0.1) is 0 Å². The molecule has 2 N–H and O–H groups in total. The van der Waals surface area contributed by atoms with Crippen molar-refractivity contribution in [3.8, 4) is 17.2 Å². The molecule has 2 rings (SSSR count). The van der Waals surface area contributed by atoms with Crippen LogP contribution in [0.4, 0.5) is 18.9 Å². The van der Waals surface area contributed by atoms with Gasteiger partial charge in [0.25, 0.3) is 0 Å². The van der Waals surface area contributed by atoms with Crippen LogP contribution in [0.5, 0.6) is 17.2 Å². The number of alkyl halides is 3. The fraction of sp³-hybridized carbons (Fsp3) is 0.364. The number of ether oxygens (including phenoxy) is 3. The summed E-state index contributed by atoms with van der Waals surface area (Å²) in [6.07, 6.45) is -4.78. The SMILES string of the molecule is CCOc1ccc(OCCNC(=O)CN(C)CC(=O)Nc2ccc(OC(F)(F)F)cc2)cc1. The van der Waals surface area contributed by atoms with Crippen molar-refractivity contribution >= 4 is 17.5 Å². The highest BCUT2D eigenvalue weighted by Crippen LogP contribution is 2.24. The Balaban J connectivity index is 1.64. The van der Waals surface area contributed by atoms with Crippen molar-refractivity contribution < 1.29 is 37.0 Å². The topological polar surface area (TPSA) is 89.1 Å². The van der Waals surface area contributed by atoms with E-state index in [1.807, 2.05) is 6.92 Å². The van der Waals surface area contributed by atoms with Gasteiger partial charge in [0.15, 0.2) is 0 Å². The van der Waals surface area contributed by atoms with E-state index in [2.05, 4.69) is 15.4 Å². The lowest BCUT2D eigenvalue weighted by atomic mass is 10.3. The summed E-state index contributed by atoms with van der Waals surface area (Å²) < 4.78 is 51.2. The van der Waals surface area contributed by atoms with Gasteiger partial charge in [-0.2, -0.15) is 0 Å². The van der Waals surface area contributed by atoms with E-state index in [1.165, 1.54) is 17.0 Å². The zero-order chi connectivity index (χ0) is 24.3. The molecular weight excluding hydrogens is 443 g/mol. The van der Waals surface area contributed by atoms with Crippen LogP contribution in [0.25, 0.3) is 0 Å².